The highest BCUT2D eigenvalue weighted by Gasteiger charge is 2.47. The molecule has 1 fully saturated rings. The molecule has 1 aromatic heterocycles. The van der Waals surface area contributed by atoms with E-state index in [1.165, 1.54) is 4.88 Å². The van der Waals surface area contributed by atoms with Gasteiger partial charge in [-0.3, -0.25) is 0 Å². The van der Waals surface area contributed by atoms with E-state index in [0.717, 1.165) is 17.1 Å². The molecular formula is C14H21F3N2S. The van der Waals surface area contributed by atoms with Crippen LogP contribution in [0.2, 0.25) is 0 Å². The van der Waals surface area contributed by atoms with Gasteiger partial charge in [-0.05, 0) is 46.1 Å². The third kappa shape index (κ3) is 2.86. The Morgan fingerprint density at radius 1 is 1.35 bits per heavy atom. The minimum atomic E-state index is -4.06. The molecule has 1 aromatic rings. The number of aromatic nitrogens is 1. The van der Waals surface area contributed by atoms with Crippen LogP contribution in [0.1, 0.15) is 48.2 Å². The molecule has 0 aromatic carbocycles. The number of alkyl halides is 3. The zero-order valence-electron chi connectivity index (χ0n) is 12.1. The van der Waals surface area contributed by atoms with Gasteiger partial charge < -0.3 is 5.32 Å². The summed E-state index contributed by atoms with van der Waals surface area (Å²) >= 11 is 1.62. The fourth-order valence-corrected chi connectivity index (χ4v) is 4.22. The largest absolute Gasteiger partial charge is 0.391 e. The fourth-order valence-electron chi connectivity index (χ4n) is 2.97. The van der Waals surface area contributed by atoms with Gasteiger partial charge in [0.05, 0.1) is 17.2 Å². The van der Waals surface area contributed by atoms with Gasteiger partial charge in [-0.2, -0.15) is 13.2 Å². The Bertz CT molecular complexity index is 459. The Balaban J connectivity index is 2.20. The van der Waals surface area contributed by atoms with E-state index in [4.69, 9.17) is 0 Å². The normalized spacial score (nSPS) is 27.8. The quantitative estimate of drug-likeness (QED) is 0.906. The van der Waals surface area contributed by atoms with Gasteiger partial charge in [-0.15, -0.1) is 11.3 Å². The third-order valence-corrected chi connectivity index (χ3v) is 5.63. The van der Waals surface area contributed by atoms with Crippen LogP contribution < -0.4 is 5.32 Å². The zero-order chi connectivity index (χ0) is 15.0. The maximum absolute atomic E-state index is 12.8. The molecule has 20 heavy (non-hydrogen) atoms. The van der Waals surface area contributed by atoms with Crippen molar-refractivity contribution in [3.8, 4) is 0 Å². The second-order valence-electron chi connectivity index (χ2n) is 5.52. The van der Waals surface area contributed by atoms with Gasteiger partial charge in [-0.25, -0.2) is 4.98 Å². The lowest BCUT2D eigenvalue weighted by atomic mass is 9.76. The van der Waals surface area contributed by atoms with Crippen molar-refractivity contribution < 1.29 is 13.2 Å². The summed E-state index contributed by atoms with van der Waals surface area (Å²) in [5.74, 6) is -1.16. The summed E-state index contributed by atoms with van der Waals surface area (Å²) in [7, 11) is 1.83. The molecule has 0 bridgehead atoms. The molecule has 2 rings (SSSR count). The number of hydrogen-bond acceptors (Lipinski definition) is 3. The van der Waals surface area contributed by atoms with Crippen molar-refractivity contribution >= 4 is 11.3 Å². The van der Waals surface area contributed by atoms with E-state index in [-0.39, 0.29) is 18.4 Å². The maximum Gasteiger partial charge on any atom is 0.391 e. The molecule has 1 N–H and O–H groups in total. The Morgan fingerprint density at radius 2 is 1.95 bits per heavy atom. The molecule has 1 heterocycles. The van der Waals surface area contributed by atoms with Crippen molar-refractivity contribution in [3.63, 3.8) is 0 Å². The number of nitrogens with zero attached hydrogens (tertiary/aromatic N) is 1. The lowest BCUT2D eigenvalue weighted by Gasteiger charge is -2.39. The molecule has 0 atom stereocenters. The number of thiazole rings is 1. The van der Waals surface area contributed by atoms with Gasteiger partial charge in [0.2, 0.25) is 0 Å². The van der Waals surface area contributed by atoms with Gasteiger partial charge in [0, 0.05) is 4.88 Å². The zero-order valence-corrected chi connectivity index (χ0v) is 12.9. The third-order valence-electron chi connectivity index (χ3n) is 4.42. The van der Waals surface area contributed by atoms with E-state index < -0.39 is 12.1 Å². The van der Waals surface area contributed by atoms with E-state index in [9.17, 15) is 13.2 Å². The number of rotatable bonds is 3. The van der Waals surface area contributed by atoms with Crippen molar-refractivity contribution in [2.45, 2.75) is 57.7 Å². The fraction of sp³-hybridized carbons (Fsp3) is 0.786. The molecule has 1 aliphatic carbocycles. The number of aryl methyl sites for hydroxylation is 2. The standard InChI is InChI=1S/C14H21F3N2S/c1-4-11-9(2)20-12(19-11)13(18-3)7-5-10(6-8-13)14(15,16)17/h10,18H,4-8H2,1-3H3. The van der Waals surface area contributed by atoms with Crippen LogP contribution in [0.5, 0.6) is 0 Å². The summed E-state index contributed by atoms with van der Waals surface area (Å²) in [6, 6.07) is 0. The van der Waals surface area contributed by atoms with E-state index in [1.54, 1.807) is 11.3 Å². The Kier molecular flexibility index (Phi) is 4.44. The first-order chi connectivity index (χ1) is 9.32. The number of halogens is 3. The molecule has 114 valence electrons. The first-order valence-corrected chi connectivity index (χ1v) is 7.86. The second kappa shape index (κ2) is 5.64. The number of nitrogens with one attached hydrogen (secondary N) is 1. The highest BCUT2D eigenvalue weighted by molar-refractivity contribution is 7.11. The van der Waals surface area contributed by atoms with E-state index in [1.807, 2.05) is 14.0 Å². The first-order valence-electron chi connectivity index (χ1n) is 7.05. The lowest BCUT2D eigenvalue weighted by molar-refractivity contribution is -0.185. The van der Waals surface area contributed by atoms with Crippen LogP contribution in [-0.2, 0) is 12.0 Å². The van der Waals surface area contributed by atoms with Crippen LogP contribution in [-0.4, -0.2) is 18.2 Å². The second-order valence-corrected chi connectivity index (χ2v) is 6.73. The van der Waals surface area contributed by atoms with Crippen molar-refractivity contribution in [2.75, 3.05) is 7.05 Å². The Hall–Kier alpha value is -0.620. The first kappa shape index (κ1) is 15.8. The summed E-state index contributed by atoms with van der Waals surface area (Å²) in [4.78, 5) is 5.83. The Morgan fingerprint density at radius 3 is 2.35 bits per heavy atom. The average Bonchev–Trinajstić information content (AvgIpc) is 2.79. The van der Waals surface area contributed by atoms with Gasteiger partial charge in [-0.1, -0.05) is 6.92 Å². The highest BCUT2D eigenvalue weighted by Crippen LogP contribution is 2.46. The molecule has 0 amide bonds. The van der Waals surface area contributed by atoms with E-state index in [0.29, 0.717) is 12.8 Å². The number of hydrogen-bond donors (Lipinski definition) is 1. The van der Waals surface area contributed by atoms with Crippen molar-refractivity contribution in [1.82, 2.24) is 10.3 Å². The molecule has 0 aliphatic heterocycles. The summed E-state index contributed by atoms with van der Waals surface area (Å²) < 4.78 is 38.4. The molecule has 1 aliphatic rings. The maximum atomic E-state index is 12.8. The van der Waals surface area contributed by atoms with Gasteiger partial charge >= 0.3 is 6.18 Å². The van der Waals surface area contributed by atoms with E-state index in [2.05, 4.69) is 17.2 Å². The highest BCUT2D eigenvalue weighted by atomic mass is 32.1. The van der Waals surface area contributed by atoms with Crippen LogP contribution in [0, 0.1) is 12.8 Å². The van der Waals surface area contributed by atoms with Crippen LogP contribution in [0.15, 0.2) is 0 Å². The minimum absolute atomic E-state index is 0.185. The Labute approximate surface area is 121 Å². The van der Waals surface area contributed by atoms with Crippen LogP contribution in [0.3, 0.4) is 0 Å². The molecule has 1 saturated carbocycles. The van der Waals surface area contributed by atoms with Crippen LogP contribution in [0.4, 0.5) is 13.2 Å². The SMILES string of the molecule is CCc1nc(C2(NC)CCC(C(F)(F)F)CC2)sc1C. The van der Waals surface area contributed by atoms with Crippen LogP contribution >= 0.6 is 11.3 Å². The van der Waals surface area contributed by atoms with Gasteiger partial charge in [0.1, 0.15) is 5.01 Å². The van der Waals surface area contributed by atoms with Crippen LogP contribution in [0.25, 0.3) is 0 Å². The summed E-state index contributed by atoms with van der Waals surface area (Å²) in [6.45, 7) is 4.09. The molecule has 0 unspecified atom stereocenters. The smallest absolute Gasteiger partial charge is 0.308 e. The molecule has 6 heteroatoms. The molecule has 0 saturated heterocycles. The van der Waals surface area contributed by atoms with Crippen molar-refractivity contribution in [2.24, 2.45) is 5.92 Å². The lowest BCUT2D eigenvalue weighted by Crippen LogP contribution is -2.45. The average molecular weight is 306 g/mol. The van der Waals surface area contributed by atoms with Gasteiger partial charge in [0.15, 0.2) is 0 Å². The monoisotopic (exact) mass is 306 g/mol. The summed E-state index contributed by atoms with van der Waals surface area (Å²) in [5.41, 5.74) is 0.697. The van der Waals surface area contributed by atoms with Crippen molar-refractivity contribution in [1.29, 1.82) is 0 Å². The molecule has 0 spiro atoms. The topological polar surface area (TPSA) is 24.9 Å². The molecular weight excluding hydrogens is 285 g/mol. The van der Waals surface area contributed by atoms with E-state index >= 15 is 0 Å². The summed E-state index contributed by atoms with van der Waals surface area (Å²) in [5, 5.41) is 4.20. The van der Waals surface area contributed by atoms with Gasteiger partial charge in [0.25, 0.3) is 0 Å². The molecule has 0 radical (unpaired) electrons. The predicted octanol–water partition coefficient (Wildman–Crippen LogP) is 4.18. The summed E-state index contributed by atoms with van der Waals surface area (Å²) in [6.07, 6.45) is -1.82. The minimum Gasteiger partial charge on any atom is -0.308 e. The van der Waals surface area contributed by atoms with Crippen molar-refractivity contribution in [3.05, 3.63) is 15.6 Å². The molecule has 2 nitrogen and oxygen atoms in total. The predicted molar refractivity (Wildman–Crippen MR) is 75.0 cm³/mol.